The number of hydrogen-bond donors (Lipinski definition) is 0. The summed E-state index contributed by atoms with van der Waals surface area (Å²) in [6.45, 7) is 4.51. The van der Waals surface area contributed by atoms with Crippen molar-refractivity contribution in [2.45, 2.75) is 17.9 Å². The quantitative estimate of drug-likeness (QED) is 0.480. The van der Waals surface area contributed by atoms with Gasteiger partial charge in [0, 0.05) is 5.08 Å². The van der Waals surface area contributed by atoms with Crippen molar-refractivity contribution in [3.8, 4) is 0 Å². The van der Waals surface area contributed by atoms with Crippen LogP contribution in [-0.2, 0) is 0 Å². The number of thioether (sulfide) groups is 2. The minimum absolute atomic E-state index is 0.556. The third-order valence-electron chi connectivity index (χ3n) is 0.813. The summed E-state index contributed by atoms with van der Waals surface area (Å²) >= 11 is 4.05. The van der Waals surface area contributed by atoms with E-state index in [2.05, 4.69) is 13.8 Å². The van der Waals surface area contributed by atoms with Gasteiger partial charge in [-0.1, -0.05) is 0 Å². The zero-order valence-corrected chi connectivity index (χ0v) is 5.66. The fourth-order valence-electron chi connectivity index (χ4n) is 0.295. The van der Waals surface area contributed by atoms with Crippen molar-refractivity contribution in [3.63, 3.8) is 0 Å². The molecular weight excluding hydrogens is 112 g/mol. The zero-order valence-electron chi connectivity index (χ0n) is 4.02. The Morgan fingerprint density at radius 3 is 1.67 bits per heavy atom. The third-order valence-corrected chi connectivity index (χ3v) is 3.85. The van der Waals surface area contributed by atoms with Crippen molar-refractivity contribution in [3.05, 3.63) is 0 Å². The van der Waals surface area contributed by atoms with Crippen LogP contribution in [0.2, 0.25) is 0 Å². The highest BCUT2D eigenvalue weighted by molar-refractivity contribution is 8.33. The average molecular weight is 120 g/mol. The van der Waals surface area contributed by atoms with Crippen molar-refractivity contribution in [1.82, 2.24) is 0 Å². The van der Waals surface area contributed by atoms with E-state index in [1.54, 1.807) is 0 Å². The van der Waals surface area contributed by atoms with Crippen molar-refractivity contribution >= 4 is 23.5 Å². The van der Waals surface area contributed by atoms with Crippen LogP contribution in [0.25, 0.3) is 0 Å². The molecule has 0 bridgehead atoms. The summed E-state index contributed by atoms with van der Waals surface area (Å²) < 4.78 is 0.556. The molecule has 0 aromatic carbocycles. The van der Waals surface area contributed by atoms with Crippen LogP contribution >= 0.6 is 23.5 Å². The molecule has 0 atom stereocenters. The SMILES string of the molecule is CC1(C)SCS1. The maximum Gasteiger partial charge on any atom is 0.0571 e. The van der Waals surface area contributed by atoms with Crippen LogP contribution in [0.1, 0.15) is 13.8 Å². The molecule has 1 saturated heterocycles. The van der Waals surface area contributed by atoms with Gasteiger partial charge in [-0.05, 0) is 13.8 Å². The Hall–Kier alpha value is 0.700. The fraction of sp³-hybridized carbons (Fsp3) is 1.00. The molecule has 6 heavy (non-hydrogen) atoms. The maximum absolute atomic E-state index is 2.26. The molecule has 0 amide bonds. The predicted octanol–water partition coefficient (Wildman–Crippen LogP) is 2.16. The second-order valence-electron chi connectivity index (χ2n) is 1.81. The third kappa shape index (κ3) is 0.850. The van der Waals surface area contributed by atoms with Crippen LogP contribution < -0.4 is 0 Å². The van der Waals surface area contributed by atoms with Gasteiger partial charge < -0.3 is 0 Å². The molecule has 0 unspecified atom stereocenters. The van der Waals surface area contributed by atoms with E-state index < -0.39 is 0 Å². The highest BCUT2D eigenvalue weighted by Crippen LogP contribution is 2.49. The van der Waals surface area contributed by atoms with Crippen LogP contribution in [0.3, 0.4) is 0 Å². The van der Waals surface area contributed by atoms with Gasteiger partial charge in [-0.2, -0.15) is 0 Å². The molecule has 1 rings (SSSR count). The van der Waals surface area contributed by atoms with Crippen LogP contribution in [0.15, 0.2) is 0 Å². The lowest BCUT2D eigenvalue weighted by molar-refractivity contribution is 1.02. The first kappa shape index (κ1) is 4.85. The largest absolute Gasteiger partial charge is 0.134 e. The van der Waals surface area contributed by atoms with Crippen molar-refractivity contribution in [1.29, 1.82) is 0 Å². The lowest BCUT2D eigenvalue weighted by Crippen LogP contribution is -2.17. The van der Waals surface area contributed by atoms with E-state index >= 15 is 0 Å². The van der Waals surface area contributed by atoms with E-state index in [4.69, 9.17) is 0 Å². The molecule has 0 aliphatic carbocycles. The molecule has 1 aliphatic rings. The first-order valence-electron chi connectivity index (χ1n) is 1.99. The van der Waals surface area contributed by atoms with Crippen molar-refractivity contribution in [2.75, 3.05) is 5.08 Å². The van der Waals surface area contributed by atoms with Gasteiger partial charge in [0.15, 0.2) is 0 Å². The average Bonchev–Trinajstić information content (AvgIpc) is 1.32. The molecule has 0 saturated carbocycles. The molecular formula is C4H8S2. The smallest absolute Gasteiger partial charge is 0.0571 e. The molecule has 36 valence electrons. The molecule has 0 aromatic rings. The lowest BCUT2D eigenvalue weighted by atomic mass is 10.5. The molecule has 0 N–H and O–H groups in total. The number of rotatable bonds is 0. The molecule has 0 aromatic heterocycles. The Balaban J connectivity index is 2.31. The Kier molecular flexibility index (Phi) is 1.08. The summed E-state index contributed by atoms with van der Waals surface area (Å²) in [7, 11) is 0. The van der Waals surface area contributed by atoms with Crippen LogP contribution in [0.4, 0.5) is 0 Å². The van der Waals surface area contributed by atoms with Crippen LogP contribution in [-0.4, -0.2) is 9.16 Å². The highest BCUT2D eigenvalue weighted by Gasteiger charge is 2.26. The van der Waals surface area contributed by atoms with Gasteiger partial charge in [0.2, 0.25) is 0 Å². The lowest BCUT2D eigenvalue weighted by Gasteiger charge is -2.32. The normalized spacial score (nSPS) is 29.0. The van der Waals surface area contributed by atoms with Gasteiger partial charge in [-0.15, -0.1) is 23.5 Å². The topological polar surface area (TPSA) is 0 Å². The van der Waals surface area contributed by atoms with E-state index in [1.807, 2.05) is 23.5 Å². The second kappa shape index (κ2) is 1.34. The van der Waals surface area contributed by atoms with Crippen molar-refractivity contribution < 1.29 is 0 Å². The summed E-state index contributed by atoms with van der Waals surface area (Å²) in [5.41, 5.74) is 0. The number of hydrogen-bond acceptors (Lipinski definition) is 2. The second-order valence-corrected chi connectivity index (χ2v) is 5.63. The minimum Gasteiger partial charge on any atom is -0.134 e. The monoisotopic (exact) mass is 120 g/mol. The summed E-state index contributed by atoms with van der Waals surface area (Å²) in [5, 5.41) is 1.30. The first-order valence-corrected chi connectivity index (χ1v) is 3.96. The summed E-state index contributed by atoms with van der Waals surface area (Å²) in [6.07, 6.45) is 0. The molecule has 1 heterocycles. The van der Waals surface area contributed by atoms with Gasteiger partial charge in [0.25, 0.3) is 0 Å². The molecule has 2 heteroatoms. The van der Waals surface area contributed by atoms with E-state index in [0.717, 1.165) is 0 Å². The molecule has 0 radical (unpaired) electrons. The highest BCUT2D eigenvalue weighted by atomic mass is 32.3. The van der Waals surface area contributed by atoms with Gasteiger partial charge in [0.1, 0.15) is 0 Å². The first-order chi connectivity index (χ1) is 2.71. The summed E-state index contributed by atoms with van der Waals surface area (Å²) in [5.74, 6) is 0. The van der Waals surface area contributed by atoms with E-state index in [-0.39, 0.29) is 0 Å². The summed E-state index contributed by atoms with van der Waals surface area (Å²) in [4.78, 5) is 0. The van der Waals surface area contributed by atoms with E-state index in [1.165, 1.54) is 5.08 Å². The van der Waals surface area contributed by atoms with Gasteiger partial charge >= 0.3 is 0 Å². The Bertz CT molecular complexity index is 52.6. The molecule has 0 nitrogen and oxygen atoms in total. The minimum atomic E-state index is 0.556. The molecule has 0 spiro atoms. The van der Waals surface area contributed by atoms with Crippen LogP contribution in [0.5, 0.6) is 0 Å². The zero-order chi connectivity index (χ0) is 4.62. The molecule has 1 fully saturated rings. The van der Waals surface area contributed by atoms with Gasteiger partial charge in [-0.3, -0.25) is 0 Å². The van der Waals surface area contributed by atoms with Gasteiger partial charge in [-0.25, -0.2) is 0 Å². The Morgan fingerprint density at radius 1 is 1.33 bits per heavy atom. The van der Waals surface area contributed by atoms with Crippen LogP contribution in [0, 0.1) is 0 Å². The predicted molar refractivity (Wildman–Crippen MR) is 34.1 cm³/mol. The van der Waals surface area contributed by atoms with Gasteiger partial charge in [0.05, 0.1) is 4.08 Å². The van der Waals surface area contributed by atoms with E-state index in [9.17, 15) is 0 Å². The standard InChI is InChI=1S/C4H8S2/c1-4(2)5-3-6-4/h3H2,1-2H3. The van der Waals surface area contributed by atoms with E-state index in [0.29, 0.717) is 4.08 Å². The van der Waals surface area contributed by atoms with Crippen molar-refractivity contribution in [2.24, 2.45) is 0 Å². The summed E-state index contributed by atoms with van der Waals surface area (Å²) in [6, 6.07) is 0. The molecule has 1 aliphatic heterocycles. The fourth-order valence-corrected chi connectivity index (χ4v) is 2.65. The Morgan fingerprint density at radius 2 is 1.67 bits per heavy atom. The maximum atomic E-state index is 2.26. The Labute approximate surface area is 47.1 Å².